The Morgan fingerprint density at radius 3 is 2.25 bits per heavy atom. The molecule has 1 aliphatic rings. The maximum Gasteiger partial charge on any atom is 0.534 e. The molecule has 1 aliphatic heterocycles. The molecular formula is C10H14BClN2O2. The Morgan fingerprint density at radius 1 is 1.19 bits per heavy atom. The third-order valence-electron chi connectivity index (χ3n) is 3.10. The second kappa shape index (κ2) is 3.69. The Bertz CT molecular complexity index is 396. The van der Waals surface area contributed by atoms with Crippen molar-refractivity contribution >= 4 is 24.4 Å². The molecule has 0 N–H and O–H groups in total. The first-order chi connectivity index (χ1) is 7.32. The number of rotatable bonds is 1. The molecule has 0 bridgehead atoms. The van der Waals surface area contributed by atoms with Gasteiger partial charge in [0, 0.05) is 6.20 Å². The highest BCUT2D eigenvalue weighted by molar-refractivity contribution is 6.60. The minimum Gasteiger partial charge on any atom is -0.397 e. The first kappa shape index (κ1) is 11.8. The zero-order chi connectivity index (χ0) is 12.0. The first-order valence-electron chi connectivity index (χ1n) is 5.16. The lowest BCUT2D eigenvalue weighted by Crippen LogP contribution is -2.41. The van der Waals surface area contributed by atoms with Crippen molar-refractivity contribution in [2.75, 3.05) is 0 Å². The van der Waals surface area contributed by atoms with Crippen LogP contribution in [0.3, 0.4) is 0 Å². The van der Waals surface area contributed by atoms with Crippen LogP contribution in [0.2, 0.25) is 5.15 Å². The van der Waals surface area contributed by atoms with Crippen LogP contribution in [0.15, 0.2) is 12.3 Å². The summed E-state index contributed by atoms with van der Waals surface area (Å²) in [6.07, 6.45) is 1.59. The van der Waals surface area contributed by atoms with Gasteiger partial charge in [-0.3, -0.25) is 0 Å². The van der Waals surface area contributed by atoms with Gasteiger partial charge in [-0.25, -0.2) is 9.97 Å². The van der Waals surface area contributed by atoms with E-state index in [1.807, 2.05) is 27.7 Å². The Morgan fingerprint density at radius 2 is 1.75 bits per heavy atom. The Labute approximate surface area is 100 Å². The normalized spacial score (nSPS) is 22.4. The molecule has 0 amide bonds. The third kappa shape index (κ3) is 1.95. The number of hydrogen-bond acceptors (Lipinski definition) is 4. The van der Waals surface area contributed by atoms with Gasteiger partial charge in [0.25, 0.3) is 0 Å². The summed E-state index contributed by atoms with van der Waals surface area (Å²) in [6.45, 7) is 7.93. The molecule has 1 saturated heterocycles. The number of halogens is 1. The van der Waals surface area contributed by atoms with Gasteiger partial charge in [-0.2, -0.15) is 0 Å². The van der Waals surface area contributed by atoms with Gasteiger partial charge in [-0.1, -0.05) is 11.6 Å². The van der Waals surface area contributed by atoms with Crippen LogP contribution < -0.4 is 5.72 Å². The fourth-order valence-corrected chi connectivity index (χ4v) is 1.56. The predicted molar refractivity (Wildman–Crippen MR) is 62.8 cm³/mol. The van der Waals surface area contributed by atoms with Gasteiger partial charge in [0.1, 0.15) is 5.15 Å². The van der Waals surface area contributed by atoms with Crippen LogP contribution in [0.5, 0.6) is 0 Å². The van der Waals surface area contributed by atoms with E-state index in [0.29, 0.717) is 10.9 Å². The lowest BCUT2D eigenvalue weighted by atomic mass is 9.89. The van der Waals surface area contributed by atoms with Crippen LogP contribution in [-0.4, -0.2) is 28.3 Å². The van der Waals surface area contributed by atoms with E-state index in [-0.39, 0.29) is 11.2 Å². The molecule has 0 saturated carbocycles. The van der Waals surface area contributed by atoms with Gasteiger partial charge in [0.15, 0.2) is 5.72 Å². The highest BCUT2D eigenvalue weighted by atomic mass is 35.5. The average molecular weight is 240 g/mol. The zero-order valence-corrected chi connectivity index (χ0v) is 10.6. The van der Waals surface area contributed by atoms with E-state index in [1.54, 1.807) is 12.3 Å². The lowest BCUT2D eigenvalue weighted by Gasteiger charge is -2.32. The number of hydrogen-bond donors (Lipinski definition) is 0. The topological polar surface area (TPSA) is 44.2 Å². The number of nitrogens with zero attached hydrogens (tertiary/aromatic N) is 2. The van der Waals surface area contributed by atoms with E-state index in [0.717, 1.165) is 0 Å². The summed E-state index contributed by atoms with van der Waals surface area (Å²) in [5.74, 6) is 0. The summed E-state index contributed by atoms with van der Waals surface area (Å²) >= 11 is 5.80. The SMILES string of the molecule is CC1(C)OB(c2nccc(Cl)n2)OC1(C)C. The van der Waals surface area contributed by atoms with E-state index in [9.17, 15) is 0 Å². The van der Waals surface area contributed by atoms with E-state index in [4.69, 9.17) is 20.9 Å². The van der Waals surface area contributed by atoms with Crippen LogP contribution in [0.25, 0.3) is 0 Å². The fraction of sp³-hybridized carbons (Fsp3) is 0.600. The highest BCUT2D eigenvalue weighted by Gasteiger charge is 2.53. The van der Waals surface area contributed by atoms with Crippen LogP contribution in [0.1, 0.15) is 27.7 Å². The first-order valence-corrected chi connectivity index (χ1v) is 5.54. The molecule has 0 radical (unpaired) electrons. The third-order valence-corrected chi connectivity index (χ3v) is 3.31. The van der Waals surface area contributed by atoms with E-state index in [2.05, 4.69) is 9.97 Å². The Kier molecular flexibility index (Phi) is 2.73. The largest absolute Gasteiger partial charge is 0.534 e. The van der Waals surface area contributed by atoms with Crippen LogP contribution >= 0.6 is 11.6 Å². The molecule has 1 aromatic heterocycles. The molecule has 0 atom stereocenters. The van der Waals surface area contributed by atoms with E-state index < -0.39 is 7.12 Å². The van der Waals surface area contributed by atoms with Crippen molar-refractivity contribution in [2.45, 2.75) is 38.9 Å². The smallest absolute Gasteiger partial charge is 0.397 e. The maximum atomic E-state index is 5.80. The lowest BCUT2D eigenvalue weighted by molar-refractivity contribution is 0.00578. The van der Waals surface area contributed by atoms with Gasteiger partial charge in [0.05, 0.1) is 11.2 Å². The average Bonchev–Trinajstić information content (AvgIpc) is 2.36. The summed E-state index contributed by atoms with van der Waals surface area (Å²) in [5, 5.41) is 0.389. The molecule has 2 heterocycles. The van der Waals surface area contributed by atoms with Crippen molar-refractivity contribution in [1.29, 1.82) is 0 Å². The Hall–Kier alpha value is -0.645. The second-order valence-corrected chi connectivity index (χ2v) is 5.21. The van der Waals surface area contributed by atoms with Gasteiger partial charge in [-0.05, 0) is 33.8 Å². The molecule has 0 aliphatic carbocycles. The molecule has 86 valence electrons. The van der Waals surface area contributed by atoms with Crippen LogP contribution in [0.4, 0.5) is 0 Å². The number of aromatic nitrogens is 2. The molecule has 1 fully saturated rings. The summed E-state index contributed by atoms with van der Waals surface area (Å²) < 4.78 is 11.6. The zero-order valence-electron chi connectivity index (χ0n) is 9.82. The van der Waals surface area contributed by atoms with Crippen LogP contribution in [0, 0.1) is 0 Å². The molecule has 4 nitrogen and oxygen atoms in total. The molecule has 0 unspecified atom stereocenters. The highest BCUT2D eigenvalue weighted by Crippen LogP contribution is 2.36. The Balaban J connectivity index is 2.27. The summed E-state index contributed by atoms with van der Waals surface area (Å²) in [4.78, 5) is 8.20. The van der Waals surface area contributed by atoms with Gasteiger partial charge in [-0.15, -0.1) is 0 Å². The quantitative estimate of drug-likeness (QED) is 0.550. The summed E-state index contributed by atoms with van der Waals surface area (Å²) in [7, 11) is -0.552. The monoisotopic (exact) mass is 240 g/mol. The standard InChI is InChI=1S/C10H14BClN2O2/c1-9(2)10(3,4)16-11(15-9)8-13-6-5-7(12)14-8/h5-6H,1-4H3. The van der Waals surface area contributed by atoms with Crippen molar-refractivity contribution in [3.63, 3.8) is 0 Å². The molecule has 2 rings (SSSR count). The summed E-state index contributed by atoms with van der Waals surface area (Å²) in [5.41, 5.74) is -0.307. The summed E-state index contributed by atoms with van der Waals surface area (Å²) in [6, 6.07) is 1.62. The van der Waals surface area contributed by atoms with Crippen molar-refractivity contribution in [3.05, 3.63) is 17.4 Å². The minimum atomic E-state index is -0.552. The molecule has 6 heteroatoms. The second-order valence-electron chi connectivity index (χ2n) is 4.83. The van der Waals surface area contributed by atoms with Gasteiger partial charge in [0.2, 0.25) is 0 Å². The molecule has 0 spiro atoms. The van der Waals surface area contributed by atoms with E-state index in [1.165, 1.54) is 0 Å². The van der Waals surface area contributed by atoms with Crippen molar-refractivity contribution < 1.29 is 9.31 Å². The molecule has 1 aromatic rings. The van der Waals surface area contributed by atoms with Crippen molar-refractivity contribution in [3.8, 4) is 0 Å². The molecule has 16 heavy (non-hydrogen) atoms. The van der Waals surface area contributed by atoms with E-state index >= 15 is 0 Å². The fourth-order valence-electron chi connectivity index (χ4n) is 1.41. The van der Waals surface area contributed by atoms with Crippen molar-refractivity contribution in [2.24, 2.45) is 0 Å². The van der Waals surface area contributed by atoms with Gasteiger partial charge >= 0.3 is 7.12 Å². The van der Waals surface area contributed by atoms with Crippen LogP contribution in [-0.2, 0) is 9.31 Å². The predicted octanol–water partition coefficient (Wildman–Crippen LogP) is 1.43. The molecular weight excluding hydrogens is 226 g/mol. The van der Waals surface area contributed by atoms with Gasteiger partial charge < -0.3 is 9.31 Å². The van der Waals surface area contributed by atoms with Crippen molar-refractivity contribution in [1.82, 2.24) is 9.97 Å². The minimum absolute atomic E-state index is 0.386. The molecule has 0 aromatic carbocycles. The maximum absolute atomic E-state index is 5.80.